The zero-order chi connectivity index (χ0) is 16.9. The van der Waals surface area contributed by atoms with Crippen molar-refractivity contribution in [1.29, 1.82) is 0 Å². The minimum Gasteiger partial charge on any atom is -0.453 e. The molecule has 23 heavy (non-hydrogen) atoms. The van der Waals surface area contributed by atoms with Crippen molar-refractivity contribution in [2.24, 2.45) is 0 Å². The molecule has 1 heterocycles. The standard InChI is InChI=1S/C14H20N2O5S2/c1-20-13(17)16-11-3-5-12(6-4-11)23(18,19)15-9-14(21-2)7-8-22-10-14/h3-6,15H,7-10H2,1-2H3,(H,16,17)/t14-/m1/s1. The molecule has 1 aliphatic heterocycles. The second kappa shape index (κ2) is 7.52. The summed E-state index contributed by atoms with van der Waals surface area (Å²) in [5.74, 6) is 1.73. The van der Waals surface area contributed by atoms with Crippen molar-refractivity contribution >= 4 is 33.6 Å². The first-order valence-electron chi connectivity index (χ1n) is 6.98. The Morgan fingerprint density at radius 2 is 2.00 bits per heavy atom. The van der Waals surface area contributed by atoms with Crippen molar-refractivity contribution in [1.82, 2.24) is 4.72 Å². The van der Waals surface area contributed by atoms with Gasteiger partial charge in [0.05, 0.1) is 17.6 Å². The lowest BCUT2D eigenvalue weighted by Gasteiger charge is -2.26. The van der Waals surface area contributed by atoms with Gasteiger partial charge in [-0.15, -0.1) is 0 Å². The zero-order valence-electron chi connectivity index (χ0n) is 13.0. The Morgan fingerprint density at radius 3 is 2.52 bits per heavy atom. The van der Waals surface area contributed by atoms with Gasteiger partial charge in [0.1, 0.15) is 0 Å². The molecule has 1 amide bonds. The van der Waals surface area contributed by atoms with Crippen molar-refractivity contribution in [3.8, 4) is 0 Å². The van der Waals surface area contributed by atoms with Crippen LogP contribution in [0, 0.1) is 0 Å². The molecule has 1 aliphatic rings. The fourth-order valence-electron chi connectivity index (χ4n) is 2.16. The van der Waals surface area contributed by atoms with E-state index in [4.69, 9.17) is 4.74 Å². The van der Waals surface area contributed by atoms with Crippen molar-refractivity contribution in [2.75, 3.05) is 37.6 Å². The number of hydrogen-bond donors (Lipinski definition) is 2. The van der Waals surface area contributed by atoms with Gasteiger partial charge in [0.2, 0.25) is 10.0 Å². The fraction of sp³-hybridized carbons (Fsp3) is 0.500. The third kappa shape index (κ3) is 4.60. The zero-order valence-corrected chi connectivity index (χ0v) is 14.6. The van der Waals surface area contributed by atoms with Crippen molar-refractivity contribution in [2.45, 2.75) is 16.9 Å². The minimum absolute atomic E-state index is 0.129. The predicted molar refractivity (Wildman–Crippen MR) is 89.3 cm³/mol. The van der Waals surface area contributed by atoms with Gasteiger partial charge in [-0.2, -0.15) is 11.8 Å². The minimum atomic E-state index is -3.63. The van der Waals surface area contributed by atoms with E-state index in [1.54, 1.807) is 18.9 Å². The van der Waals surface area contributed by atoms with Gasteiger partial charge < -0.3 is 9.47 Å². The van der Waals surface area contributed by atoms with Gasteiger partial charge in [0.15, 0.2) is 0 Å². The Bertz CT molecular complexity index is 640. The summed E-state index contributed by atoms with van der Waals surface area (Å²) in [6.07, 6.45) is 0.207. The molecule has 2 N–H and O–H groups in total. The number of ether oxygens (including phenoxy) is 2. The van der Waals surface area contributed by atoms with Crippen LogP contribution in [0.3, 0.4) is 0 Å². The molecule has 9 heteroatoms. The molecule has 7 nitrogen and oxygen atoms in total. The van der Waals surface area contributed by atoms with Gasteiger partial charge in [0.25, 0.3) is 0 Å². The van der Waals surface area contributed by atoms with Crippen LogP contribution < -0.4 is 10.0 Å². The maximum absolute atomic E-state index is 12.4. The Kier molecular flexibility index (Phi) is 5.90. The van der Waals surface area contributed by atoms with E-state index >= 15 is 0 Å². The van der Waals surface area contributed by atoms with Crippen LogP contribution in [0.2, 0.25) is 0 Å². The highest BCUT2D eigenvalue weighted by Gasteiger charge is 2.35. The predicted octanol–water partition coefficient (Wildman–Crippen LogP) is 1.67. The van der Waals surface area contributed by atoms with Crippen LogP contribution in [0.25, 0.3) is 0 Å². The summed E-state index contributed by atoms with van der Waals surface area (Å²) >= 11 is 1.75. The fourth-order valence-corrected chi connectivity index (χ4v) is 4.67. The number of carbonyl (C=O) groups is 1. The van der Waals surface area contributed by atoms with E-state index in [1.807, 2.05) is 0 Å². The highest BCUT2D eigenvalue weighted by atomic mass is 32.2. The number of hydrogen-bond acceptors (Lipinski definition) is 6. The van der Waals surface area contributed by atoms with E-state index < -0.39 is 21.7 Å². The van der Waals surface area contributed by atoms with E-state index in [0.717, 1.165) is 17.9 Å². The second-order valence-corrected chi connectivity index (χ2v) is 8.03. The third-order valence-corrected chi connectivity index (χ3v) is 6.32. The second-order valence-electron chi connectivity index (χ2n) is 5.16. The first-order chi connectivity index (χ1) is 10.9. The number of benzene rings is 1. The summed E-state index contributed by atoms with van der Waals surface area (Å²) in [6.45, 7) is 0.237. The molecule has 0 aromatic heterocycles. The van der Waals surface area contributed by atoms with E-state index in [9.17, 15) is 13.2 Å². The molecule has 1 aromatic carbocycles. The third-order valence-electron chi connectivity index (χ3n) is 3.68. The number of rotatable bonds is 6. The van der Waals surface area contributed by atoms with E-state index in [2.05, 4.69) is 14.8 Å². The smallest absolute Gasteiger partial charge is 0.411 e. The van der Waals surface area contributed by atoms with Crippen LogP contribution in [-0.4, -0.2) is 52.4 Å². The summed E-state index contributed by atoms with van der Waals surface area (Å²) < 4.78 is 37.3. The Hall–Kier alpha value is -1.29. The summed E-state index contributed by atoms with van der Waals surface area (Å²) in [5, 5.41) is 2.46. The topological polar surface area (TPSA) is 93.7 Å². The molecule has 1 saturated heterocycles. The lowest BCUT2D eigenvalue weighted by molar-refractivity contribution is 0.0179. The van der Waals surface area contributed by atoms with E-state index in [1.165, 1.54) is 31.4 Å². The molecule has 1 aromatic rings. The number of methoxy groups -OCH3 is 2. The average Bonchev–Trinajstić information content (AvgIpc) is 3.03. The molecule has 1 atom stereocenters. The normalized spacial score (nSPS) is 21.1. The average molecular weight is 360 g/mol. The first kappa shape index (κ1) is 18.1. The summed E-state index contributed by atoms with van der Waals surface area (Å²) in [5.41, 5.74) is 0.0146. The lowest BCUT2D eigenvalue weighted by Crippen LogP contribution is -2.44. The molecule has 0 aliphatic carbocycles. The van der Waals surface area contributed by atoms with Crippen LogP contribution >= 0.6 is 11.8 Å². The maximum Gasteiger partial charge on any atom is 0.411 e. The molecule has 0 spiro atoms. The first-order valence-corrected chi connectivity index (χ1v) is 9.62. The summed E-state index contributed by atoms with van der Waals surface area (Å²) in [4.78, 5) is 11.2. The van der Waals surface area contributed by atoms with Gasteiger partial charge in [-0.1, -0.05) is 0 Å². The Labute approximate surface area is 140 Å². The molecule has 0 unspecified atom stereocenters. The molecular formula is C14H20N2O5S2. The van der Waals surface area contributed by atoms with E-state index in [0.29, 0.717) is 5.69 Å². The monoisotopic (exact) mass is 360 g/mol. The van der Waals surface area contributed by atoms with Crippen LogP contribution in [0.15, 0.2) is 29.2 Å². The summed E-state index contributed by atoms with van der Waals surface area (Å²) in [7, 11) is -0.770. The molecule has 128 valence electrons. The van der Waals surface area contributed by atoms with Crippen molar-refractivity contribution < 1.29 is 22.7 Å². The maximum atomic E-state index is 12.4. The quantitative estimate of drug-likeness (QED) is 0.801. The van der Waals surface area contributed by atoms with Gasteiger partial charge in [-0.05, 0) is 36.4 Å². The van der Waals surface area contributed by atoms with Gasteiger partial charge >= 0.3 is 6.09 Å². The Balaban J connectivity index is 2.03. The highest BCUT2D eigenvalue weighted by Crippen LogP contribution is 2.30. The number of thioether (sulfide) groups is 1. The van der Waals surface area contributed by atoms with Crippen molar-refractivity contribution in [3.63, 3.8) is 0 Å². The molecule has 1 fully saturated rings. The lowest BCUT2D eigenvalue weighted by atomic mass is 10.0. The van der Waals surface area contributed by atoms with Gasteiger partial charge in [-0.25, -0.2) is 17.9 Å². The number of amides is 1. The van der Waals surface area contributed by atoms with Gasteiger partial charge in [0, 0.05) is 25.1 Å². The SMILES string of the molecule is COC(=O)Nc1ccc(S(=O)(=O)NC[C@]2(OC)CCSC2)cc1. The molecular weight excluding hydrogens is 340 g/mol. The van der Waals surface area contributed by atoms with Crippen molar-refractivity contribution in [3.05, 3.63) is 24.3 Å². The van der Waals surface area contributed by atoms with Crippen LogP contribution in [-0.2, 0) is 19.5 Å². The molecule has 2 rings (SSSR count). The molecule has 0 radical (unpaired) electrons. The number of carbonyl (C=O) groups excluding carboxylic acids is 1. The number of nitrogens with one attached hydrogen (secondary N) is 2. The highest BCUT2D eigenvalue weighted by molar-refractivity contribution is 7.99. The Morgan fingerprint density at radius 1 is 1.30 bits per heavy atom. The largest absolute Gasteiger partial charge is 0.453 e. The van der Waals surface area contributed by atoms with Crippen LogP contribution in [0.1, 0.15) is 6.42 Å². The molecule has 0 bridgehead atoms. The van der Waals surface area contributed by atoms with Crippen LogP contribution in [0.4, 0.5) is 10.5 Å². The number of anilines is 1. The van der Waals surface area contributed by atoms with Crippen LogP contribution in [0.5, 0.6) is 0 Å². The van der Waals surface area contributed by atoms with E-state index in [-0.39, 0.29) is 11.4 Å². The summed E-state index contributed by atoms with van der Waals surface area (Å²) in [6, 6.07) is 5.86. The number of sulfonamides is 1. The molecule has 0 saturated carbocycles. The van der Waals surface area contributed by atoms with Gasteiger partial charge in [-0.3, -0.25) is 5.32 Å².